The predicted molar refractivity (Wildman–Crippen MR) is 65.5 cm³/mol. The van der Waals surface area contributed by atoms with Crippen molar-refractivity contribution < 1.29 is 4.39 Å². The number of nitrogens with one attached hydrogen (secondary N) is 1. The summed E-state index contributed by atoms with van der Waals surface area (Å²) in [5, 5.41) is 3.07. The van der Waals surface area contributed by atoms with Gasteiger partial charge in [-0.25, -0.2) is 4.39 Å². The minimum atomic E-state index is -0.0736. The van der Waals surface area contributed by atoms with Crippen LogP contribution in [0.1, 0.15) is 18.4 Å². The molecule has 0 saturated carbocycles. The summed E-state index contributed by atoms with van der Waals surface area (Å²) < 4.78 is 13.9. The molecule has 1 aromatic carbocycles. The topological polar surface area (TPSA) is 15.3 Å². The molecular weight excluding hydrogens is 203 g/mol. The van der Waals surface area contributed by atoms with Crippen molar-refractivity contribution in [3.05, 3.63) is 29.6 Å². The van der Waals surface area contributed by atoms with Gasteiger partial charge < -0.3 is 10.2 Å². The van der Waals surface area contributed by atoms with Crippen molar-refractivity contribution in [3.63, 3.8) is 0 Å². The number of rotatable bonds is 4. The van der Waals surface area contributed by atoms with Crippen molar-refractivity contribution in [2.75, 3.05) is 31.6 Å². The van der Waals surface area contributed by atoms with Crippen LogP contribution in [0.15, 0.2) is 18.2 Å². The van der Waals surface area contributed by atoms with Crippen molar-refractivity contribution in [1.29, 1.82) is 0 Å². The van der Waals surface area contributed by atoms with E-state index in [0.717, 1.165) is 37.3 Å². The zero-order valence-electron chi connectivity index (χ0n) is 9.80. The fraction of sp³-hybridized carbons (Fsp3) is 0.538. The number of nitrogens with zero attached hydrogens (tertiary/aromatic N) is 1. The highest BCUT2D eigenvalue weighted by Crippen LogP contribution is 2.24. The molecule has 2 nitrogen and oxygen atoms in total. The summed E-state index contributed by atoms with van der Waals surface area (Å²) in [5.41, 5.74) is 1.83. The van der Waals surface area contributed by atoms with Crippen LogP contribution in [0.4, 0.5) is 10.1 Å². The second kappa shape index (κ2) is 5.30. The Morgan fingerprint density at radius 3 is 2.69 bits per heavy atom. The minimum absolute atomic E-state index is 0.0736. The van der Waals surface area contributed by atoms with Gasteiger partial charge >= 0.3 is 0 Å². The van der Waals surface area contributed by atoms with Gasteiger partial charge in [-0.15, -0.1) is 0 Å². The maximum atomic E-state index is 13.9. The van der Waals surface area contributed by atoms with E-state index in [9.17, 15) is 4.39 Å². The first-order valence-electron chi connectivity index (χ1n) is 5.99. The van der Waals surface area contributed by atoms with E-state index in [-0.39, 0.29) is 5.82 Å². The Labute approximate surface area is 96.5 Å². The summed E-state index contributed by atoms with van der Waals surface area (Å²) in [7, 11) is 1.91. The largest absolute Gasteiger partial charge is 0.369 e. The highest BCUT2D eigenvalue weighted by atomic mass is 19.1. The minimum Gasteiger partial charge on any atom is -0.369 e. The molecule has 0 aromatic heterocycles. The monoisotopic (exact) mass is 222 g/mol. The Balaban J connectivity index is 2.09. The van der Waals surface area contributed by atoms with E-state index in [0.29, 0.717) is 0 Å². The smallest absolute Gasteiger partial charge is 0.146 e. The number of hydrogen-bond donors (Lipinski definition) is 1. The first-order chi connectivity index (χ1) is 7.81. The lowest BCUT2D eigenvalue weighted by molar-refractivity contribution is 0.620. The van der Waals surface area contributed by atoms with Crippen LogP contribution in [0.3, 0.4) is 0 Å². The molecule has 0 spiro atoms. The van der Waals surface area contributed by atoms with Crippen LogP contribution in [0.5, 0.6) is 0 Å². The Kier molecular flexibility index (Phi) is 3.78. The molecule has 1 N–H and O–H groups in total. The number of hydrogen-bond acceptors (Lipinski definition) is 2. The number of likely N-dealkylation sites (N-methyl/N-ethyl adjacent to an activating group) is 1. The molecule has 3 heteroatoms. The van der Waals surface area contributed by atoms with Crippen LogP contribution in [-0.4, -0.2) is 26.7 Å². The molecule has 0 unspecified atom stereocenters. The number of benzene rings is 1. The summed E-state index contributed by atoms with van der Waals surface area (Å²) in [6.45, 7) is 2.88. The fourth-order valence-corrected chi connectivity index (χ4v) is 2.19. The summed E-state index contributed by atoms with van der Waals surface area (Å²) in [6.07, 6.45) is 3.25. The van der Waals surface area contributed by atoms with Crippen molar-refractivity contribution >= 4 is 5.69 Å². The summed E-state index contributed by atoms with van der Waals surface area (Å²) in [5.74, 6) is -0.0736. The van der Waals surface area contributed by atoms with E-state index >= 15 is 0 Å². The summed E-state index contributed by atoms with van der Waals surface area (Å²) in [6, 6.07) is 5.63. The standard InChI is InChI=1S/C13H19FN2/c1-15-7-6-11-4-5-13(12(14)10-11)16-8-2-3-9-16/h4-5,10,15H,2-3,6-9H2,1H3. The molecule has 0 bridgehead atoms. The Bertz CT molecular complexity index is 346. The molecule has 0 aliphatic carbocycles. The average Bonchev–Trinajstić information content (AvgIpc) is 2.80. The maximum absolute atomic E-state index is 13.9. The first-order valence-corrected chi connectivity index (χ1v) is 5.99. The van der Waals surface area contributed by atoms with Crippen LogP contribution in [0, 0.1) is 5.82 Å². The van der Waals surface area contributed by atoms with Gasteiger partial charge in [0.15, 0.2) is 0 Å². The van der Waals surface area contributed by atoms with Crippen LogP contribution < -0.4 is 10.2 Å². The fourth-order valence-electron chi connectivity index (χ4n) is 2.19. The molecule has 1 heterocycles. The van der Waals surface area contributed by atoms with E-state index < -0.39 is 0 Å². The second-order valence-electron chi connectivity index (χ2n) is 4.33. The van der Waals surface area contributed by atoms with Gasteiger partial charge in [0.25, 0.3) is 0 Å². The van der Waals surface area contributed by atoms with Gasteiger partial charge in [0.05, 0.1) is 5.69 Å². The van der Waals surface area contributed by atoms with Gasteiger partial charge in [-0.1, -0.05) is 6.07 Å². The second-order valence-corrected chi connectivity index (χ2v) is 4.33. The van der Waals surface area contributed by atoms with E-state index in [1.54, 1.807) is 6.07 Å². The van der Waals surface area contributed by atoms with Crippen molar-refractivity contribution in [1.82, 2.24) is 5.32 Å². The van der Waals surface area contributed by atoms with Gasteiger partial charge in [0.2, 0.25) is 0 Å². The van der Waals surface area contributed by atoms with Crippen LogP contribution in [0.25, 0.3) is 0 Å². The molecular formula is C13H19FN2. The zero-order chi connectivity index (χ0) is 11.4. The number of halogens is 1. The maximum Gasteiger partial charge on any atom is 0.146 e. The third-order valence-electron chi connectivity index (χ3n) is 3.12. The van der Waals surface area contributed by atoms with E-state index in [1.807, 2.05) is 19.2 Å². The zero-order valence-corrected chi connectivity index (χ0v) is 9.80. The van der Waals surface area contributed by atoms with Gasteiger partial charge in [-0.3, -0.25) is 0 Å². The Morgan fingerprint density at radius 1 is 1.31 bits per heavy atom. The highest BCUT2D eigenvalue weighted by Gasteiger charge is 2.15. The normalized spacial score (nSPS) is 15.8. The summed E-state index contributed by atoms with van der Waals surface area (Å²) in [4.78, 5) is 2.14. The van der Waals surface area contributed by atoms with Crippen molar-refractivity contribution in [2.45, 2.75) is 19.3 Å². The summed E-state index contributed by atoms with van der Waals surface area (Å²) >= 11 is 0. The van der Waals surface area contributed by atoms with Gasteiger partial charge in [-0.2, -0.15) is 0 Å². The Hall–Kier alpha value is -1.09. The molecule has 1 aromatic rings. The first kappa shape index (κ1) is 11.4. The average molecular weight is 222 g/mol. The quantitative estimate of drug-likeness (QED) is 0.840. The molecule has 1 aliphatic rings. The SMILES string of the molecule is CNCCc1ccc(N2CCCC2)c(F)c1. The van der Waals surface area contributed by atoms with Gasteiger partial charge in [0, 0.05) is 13.1 Å². The lowest BCUT2D eigenvalue weighted by atomic mass is 10.1. The predicted octanol–water partition coefficient (Wildman–Crippen LogP) is 2.19. The molecule has 88 valence electrons. The van der Waals surface area contributed by atoms with Crippen LogP contribution >= 0.6 is 0 Å². The molecule has 0 atom stereocenters. The van der Waals surface area contributed by atoms with Crippen molar-refractivity contribution in [2.24, 2.45) is 0 Å². The molecule has 1 fully saturated rings. The molecule has 16 heavy (non-hydrogen) atoms. The third kappa shape index (κ3) is 2.53. The molecule has 0 amide bonds. The van der Waals surface area contributed by atoms with Crippen LogP contribution in [-0.2, 0) is 6.42 Å². The van der Waals surface area contributed by atoms with E-state index in [1.165, 1.54) is 12.8 Å². The number of anilines is 1. The van der Waals surface area contributed by atoms with E-state index in [2.05, 4.69) is 10.2 Å². The van der Waals surface area contributed by atoms with Crippen LogP contribution in [0.2, 0.25) is 0 Å². The highest BCUT2D eigenvalue weighted by molar-refractivity contribution is 5.49. The third-order valence-corrected chi connectivity index (χ3v) is 3.12. The van der Waals surface area contributed by atoms with E-state index in [4.69, 9.17) is 0 Å². The van der Waals surface area contributed by atoms with Gasteiger partial charge in [-0.05, 0) is 50.6 Å². The molecule has 1 saturated heterocycles. The molecule has 0 radical (unpaired) electrons. The Morgan fingerprint density at radius 2 is 2.06 bits per heavy atom. The lowest BCUT2D eigenvalue weighted by Crippen LogP contribution is -2.19. The van der Waals surface area contributed by atoms with Gasteiger partial charge in [0.1, 0.15) is 5.82 Å². The molecule has 1 aliphatic heterocycles. The molecule has 2 rings (SSSR count). The van der Waals surface area contributed by atoms with Crippen molar-refractivity contribution in [3.8, 4) is 0 Å². The lowest BCUT2D eigenvalue weighted by Gasteiger charge is -2.18.